The summed E-state index contributed by atoms with van der Waals surface area (Å²) in [5, 5.41) is 0.348. The number of benzene rings is 2. The smallest absolute Gasteiger partial charge is 1.00 e. The minimum atomic E-state index is -5.08. The molecule has 0 aliphatic heterocycles. The normalized spacial score (nSPS) is 12.1. The van der Waals surface area contributed by atoms with Crippen LogP contribution in [0, 0.1) is 6.92 Å². The molecule has 2 aromatic carbocycles. The minimum absolute atomic E-state index is 0. The van der Waals surface area contributed by atoms with Crippen molar-refractivity contribution in [2.45, 2.75) is 19.3 Å². The first kappa shape index (κ1) is 23.6. The Morgan fingerprint density at radius 2 is 1.52 bits per heavy atom. The van der Waals surface area contributed by atoms with E-state index in [0.717, 1.165) is 0 Å². The minimum Gasteiger partial charge on any atom is -1.00 e. The summed E-state index contributed by atoms with van der Waals surface area (Å²) in [4.78, 5) is 12.4. The van der Waals surface area contributed by atoms with E-state index in [9.17, 15) is 31.1 Å². The van der Waals surface area contributed by atoms with Crippen LogP contribution >= 0.6 is 8.58 Å². The van der Waals surface area contributed by atoms with Crippen molar-refractivity contribution in [1.82, 2.24) is 0 Å². The number of halogens is 6. The number of ether oxygens (including phenoxy) is 1. The molecule has 0 bridgehead atoms. The summed E-state index contributed by atoms with van der Waals surface area (Å²) in [7, 11) is 0.523. The van der Waals surface area contributed by atoms with Gasteiger partial charge in [0, 0.05) is 5.56 Å². The summed E-state index contributed by atoms with van der Waals surface area (Å²) in [5.74, 6) is 0.468. The van der Waals surface area contributed by atoms with E-state index in [1.54, 1.807) is 13.0 Å². The Hall–Kier alpha value is -1.48. The number of carbonyl (C=O) groups excluding carboxylic acids is 1. The van der Waals surface area contributed by atoms with Crippen LogP contribution < -0.4 is 28.9 Å². The quantitative estimate of drug-likeness (QED) is 0.446. The Balaban J connectivity index is 0.00000364. The van der Waals surface area contributed by atoms with Crippen molar-refractivity contribution in [2.24, 2.45) is 0 Å². The van der Waals surface area contributed by atoms with Crippen LogP contribution in [0.5, 0.6) is 5.75 Å². The molecule has 1 atom stereocenters. The Morgan fingerprint density at radius 1 is 1.00 bits per heavy atom. The predicted octanol–water partition coefficient (Wildman–Crippen LogP) is 2.30. The molecule has 0 fully saturated rings. The number of methoxy groups -OCH3 is 1. The zero-order chi connectivity index (χ0) is 19.7. The second kappa shape index (κ2) is 8.68. The van der Waals surface area contributed by atoms with Gasteiger partial charge in [0.05, 0.1) is 18.2 Å². The molecule has 10 heteroatoms. The second-order valence-electron chi connectivity index (χ2n) is 5.36. The molecular formula is C17H14F6LiO2P. The van der Waals surface area contributed by atoms with Gasteiger partial charge in [0.2, 0.25) is 0 Å². The Labute approximate surface area is 166 Å². The molecule has 2 nitrogen and oxygen atoms in total. The topological polar surface area (TPSA) is 26.3 Å². The molecule has 1 unspecified atom stereocenters. The fourth-order valence-electron chi connectivity index (χ4n) is 2.36. The van der Waals surface area contributed by atoms with E-state index in [0.29, 0.717) is 34.8 Å². The Bertz CT molecular complexity index is 807. The van der Waals surface area contributed by atoms with E-state index < -0.39 is 43.1 Å². The van der Waals surface area contributed by atoms with Crippen molar-refractivity contribution >= 4 is 19.4 Å². The van der Waals surface area contributed by atoms with Crippen molar-refractivity contribution in [3.8, 4) is 5.75 Å². The van der Waals surface area contributed by atoms with Gasteiger partial charge in [-0.05, 0) is 50.6 Å². The van der Waals surface area contributed by atoms with Crippen LogP contribution in [0.25, 0.3) is 0 Å². The van der Waals surface area contributed by atoms with Crippen LogP contribution in [0.15, 0.2) is 36.4 Å². The van der Waals surface area contributed by atoms with Gasteiger partial charge in [0.1, 0.15) is 5.75 Å². The van der Waals surface area contributed by atoms with Crippen LogP contribution in [0.1, 0.15) is 28.5 Å². The molecule has 0 amide bonds. The summed E-state index contributed by atoms with van der Waals surface area (Å²) in [6.45, 7) is 1.60. The van der Waals surface area contributed by atoms with E-state index in [-0.39, 0.29) is 20.3 Å². The van der Waals surface area contributed by atoms with Gasteiger partial charge in [-0.1, -0.05) is 12.1 Å². The zero-order valence-corrected chi connectivity index (χ0v) is 15.5. The molecule has 2 rings (SSSR count). The molecule has 0 radical (unpaired) electrons. The zero-order valence-electron chi connectivity index (χ0n) is 15.5. The summed E-state index contributed by atoms with van der Waals surface area (Å²) in [6.07, 6.45) is -10.2. The molecular weight excluding hydrogens is 388 g/mol. The first-order valence-electron chi connectivity index (χ1n) is 7.18. The molecule has 0 aromatic heterocycles. The molecule has 0 spiro atoms. The molecule has 2 aromatic rings. The van der Waals surface area contributed by atoms with Crippen LogP contribution in [0.4, 0.5) is 26.3 Å². The standard InChI is InChI=1S/C17H13F6O2P.Li.H/c1-9-8-10(25-2)6-7-13(9)26-15(24)14-11(16(18,19)20)4-3-5-12(14)17(21,22)23;;/h3-8,26H,1-2H3;;/q;+1;-1. The predicted molar refractivity (Wildman–Crippen MR) is 87.6 cm³/mol. The van der Waals surface area contributed by atoms with Gasteiger partial charge in [-0.2, -0.15) is 26.3 Å². The van der Waals surface area contributed by atoms with Crippen LogP contribution in [0.2, 0.25) is 0 Å². The Morgan fingerprint density at radius 3 is 1.93 bits per heavy atom. The van der Waals surface area contributed by atoms with Crippen molar-refractivity contribution < 1.29 is 56.2 Å². The number of aryl methyl sites for hydroxylation is 1. The number of rotatable bonds is 4. The second-order valence-corrected chi connectivity index (χ2v) is 6.60. The number of carbonyl (C=O) groups is 1. The number of hydrogen-bond donors (Lipinski definition) is 0. The van der Waals surface area contributed by atoms with Gasteiger partial charge >= 0.3 is 31.2 Å². The molecule has 27 heavy (non-hydrogen) atoms. The van der Waals surface area contributed by atoms with Gasteiger partial charge in [0.15, 0.2) is 5.52 Å². The summed E-state index contributed by atoms with van der Waals surface area (Å²) >= 11 is 0. The molecule has 142 valence electrons. The number of hydrogen-bond acceptors (Lipinski definition) is 2. The third-order valence-electron chi connectivity index (χ3n) is 3.58. The van der Waals surface area contributed by atoms with Gasteiger partial charge in [0.25, 0.3) is 0 Å². The summed E-state index contributed by atoms with van der Waals surface area (Å²) in [6, 6.07) is 6.10. The van der Waals surface area contributed by atoms with Crippen molar-refractivity contribution in [2.75, 3.05) is 7.11 Å². The third kappa shape index (κ3) is 5.51. The van der Waals surface area contributed by atoms with Crippen molar-refractivity contribution in [3.05, 3.63) is 58.7 Å². The van der Waals surface area contributed by atoms with Gasteiger partial charge in [-0.25, -0.2) is 0 Å². The van der Waals surface area contributed by atoms with Crippen LogP contribution in [0.3, 0.4) is 0 Å². The third-order valence-corrected chi connectivity index (χ3v) is 4.89. The summed E-state index contributed by atoms with van der Waals surface area (Å²) in [5.41, 5.74) is -5.21. The average molecular weight is 402 g/mol. The van der Waals surface area contributed by atoms with Crippen molar-refractivity contribution in [1.29, 1.82) is 0 Å². The molecule has 0 saturated heterocycles. The van der Waals surface area contributed by atoms with E-state index in [1.165, 1.54) is 19.2 Å². The average Bonchev–Trinajstić information content (AvgIpc) is 2.54. The monoisotopic (exact) mass is 402 g/mol. The van der Waals surface area contributed by atoms with Crippen LogP contribution in [-0.4, -0.2) is 12.6 Å². The van der Waals surface area contributed by atoms with Gasteiger partial charge in [-0.3, -0.25) is 4.79 Å². The van der Waals surface area contributed by atoms with Gasteiger partial charge < -0.3 is 6.16 Å². The molecule has 0 aliphatic rings. The Kier molecular flexibility index (Phi) is 7.58. The van der Waals surface area contributed by atoms with E-state index in [4.69, 9.17) is 4.74 Å². The maximum atomic E-state index is 13.2. The summed E-state index contributed by atoms with van der Waals surface area (Å²) < 4.78 is 84.0. The molecule has 0 aliphatic carbocycles. The molecule has 0 saturated carbocycles. The van der Waals surface area contributed by atoms with E-state index in [1.807, 2.05) is 0 Å². The molecule has 0 heterocycles. The first-order chi connectivity index (χ1) is 11.9. The van der Waals surface area contributed by atoms with E-state index >= 15 is 0 Å². The number of alkyl halides is 6. The fraction of sp³-hybridized carbons (Fsp3) is 0.235. The van der Waals surface area contributed by atoms with Crippen LogP contribution in [-0.2, 0) is 12.4 Å². The first-order valence-corrected chi connectivity index (χ1v) is 8.18. The fourth-order valence-corrected chi connectivity index (χ4v) is 3.43. The largest absolute Gasteiger partial charge is 1.00 e. The molecule has 0 N–H and O–H groups in total. The maximum absolute atomic E-state index is 13.2. The maximum Gasteiger partial charge on any atom is 1.00 e. The van der Waals surface area contributed by atoms with Gasteiger partial charge in [-0.15, -0.1) is 0 Å². The van der Waals surface area contributed by atoms with E-state index in [2.05, 4.69) is 0 Å². The van der Waals surface area contributed by atoms with Crippen molar-refractivity contribution in [3.63, 3.8) is 0 Å². The SMILES string of the molecule is COc1ccc(PC(=O)c2c(C(F)(F)F)cccc2C(F)(F)F)c(C)c1.[H-].[Li+].